The second kappa shape index (κ2) is 6.30. The fraction of sp³-hybridized carbons (Fsp3) is 0. The third kappa shape index (κ3) is 2.98. The lowest BCUT2D eigenvalue weighted by Crippen LogP contribution is -1.92. The van der Waals surface area contributed by atoms with Gasteiger partial charge in [0, 0.05) is 5.56 Å². The van der Waals surface area contributed by atoms with Gasteiger partial charge in [0.05, 0.1) is 31.5 Å². The molecular formula is C14H8Cl3N3OS. The zero-order valence-electron chi connectivity index (χ0n) is 10.8. The third-order valence-corrected chi connectivity index (χ3v) is 4.75. The van der Waals surface area contributed by atoms with E-state index in [2.05, 4.69) is 15.5 Å². The molecule has 0 atom stereocenters. The Morgan fingerprint density at radius 3 is 2.73 bits per heavy atom. The number of anilines is 1. The fourth-order valence-corrected chi connectivity index (χ4v) is 3.46. The van der Waals surface area contributed by atoms with Crippen LogP contribution in [0.5, 0.6) is 5.75 Å². The number of thiazole rings is 1. The van der Waals surface area contributed by atoms with Crippen molar-refractivity contribution < 1.29 is 5.11 Å². The van der Waals surface area contributed by atoms with Gasteiger partial charge in [-0.2, -0.15) is 5.10 Å². The highest BCUT2D eigenvalue weighted by molar-refractivity contribution is 7.22. The van der Waals surface area contributed by atoms with Gasteiger partial charge < -0.3 is 5.11 Å². The number of fused-ring (bicyclic) bond motifs is 1. The van der Waals surface area contributed by atoms with E-state index < -0.39 is 0 Å². The van der Waals surface area contributed by atoms with Crippen molar-refractivity contribution in [2.45, 2.75) is 0 Å². The van der Waals surface area contributed by atoms with E-state index in [9.17, 15) is 5.11 Å². The number of phenols is 1. The topological polar surface area (TPSA) is 57.5 Å². The summed E-state index contributed by atoms with van der Waals surface area (Å²) in [5.74, 6) is -0.228. The van der Waals surface area contributed by atoms with Crippen LogP contribution in [0.1, 0.15) is 5.56 Å². The number of nitrogens with zero attached hydrogens (tertiary/aromatic N) is 2. The van der Waals surface area contributed by atoms with Gasteiger partial charge in [-0.05, 0) is 18.2 Å². The van der Waals surface area contributed by atoms with Gasteiger partial charge in [-0.15, -0.1) is 0 Å². The molecule has 0 amide bonds. The Kier molecular flexibility index (Phi) is 4.40. The lowest BCUT2D eigenvalue weighted by Gasteiger charge is -2.05. The Hall–Kier alpha value is -1.53. The molecular weight excluding hydrogens is 365 g/mol. The van der Waals surface area contributed by atoms with Crippen LogP contribution >= 0.6 is 46.1 Å². The van der Waals surface area contributed by atoms with Crippen LogP contribution in [-0.2, 0) is 0 Å². The summed E-state index contributed by atoms with van der Waals surface area (Å²) in [5, 5.41) is 14.8. The quantitative estimate of drug-likeness (QED) is 0.477. The molecule has 2 aromatic carbocycles. The molecule has 4 nitrogen and oxygen atoms in total. The first-order valence-electron chi connectivity index (χ1n) is 6.07. The largest absolute Gasteiger partial charge is 0.505 e. The zero-order valence-corrected chi connectivity index (χ0v) is 13.9. The van der Waals surface area contributed by atoms with E-state index in [-0.39, 0.29) is 15.8 Å². The van der Waals surface area contributed by atoms with Crippen molar-refractivity contribution in [1.29, 1.82) is 0 Å². The predicted molar refractivity (Wildman–Crippen MR) is 94.0 cm³/mol. The number of aromatic hydroxyl groups is 1. The first-order valence-corrected chi connectivity index (χ1v) is 8.02. The minimum absolute atomic E-state index is 0.0485. The molecule has 0 fully saturated rings. The minimum Gasteiger partial charge on any atom is -0.505 e. The van der Waals surface area contributed by atoms with Crippen LogP contribution < -0.4 is 5.43 Å². The second-order valence-electron chi connectivity index (χ2n) is 4.27. The lowest BCUT2D eigenvalue weighted by atomic mass is 10.2. The molecule has 0 radical (unpaired) electrons. The maximum atomic E-state index is 9.71. The lowest BCUT2D eigenvalue weighted by molar-refractivity contribution is 0.476. The van der Waals surface area contributed by atoms with Crippen molar-refractivity contribution in [3.05, 3.63) is 51.0 Å². The van der Waals surface area contributed by atoms with E-state index in [0.717, 1.165) is 10.2 Å². The number of hydrogen-bond acceptors (Lipinski definition) is 5. The van der Waals surface area contributed by atoms with Crippen molar-refractivity contribution in [2.24, 2.45) is 5.10 Å². The summed E-state index contributed by atoms with van der Waals surface area (Å²) in [7, 11) is 0. The average molecular weight is 373 g/mol. The molecule has 112 valence electrons. The molecule has 0 aliphatic heterocycles. The number of hydrogen-bond donors (Lipinski definition) is 2. The van der Waals surface area contributed by atoms with E-state index in [0.29, 0.717) is 15.7 Å². The number of phenolic OH excluding ortho intramolecular Hbond substituents is 1. The Balaban J connectivity index is 1.84. The molecule has 0 spiro atoms. The fourth-order valence-electron chi connectivity index (χ4n) is 1.79. The summed E-state index contributed by atoms with van der Waals surface area (Å²) in [6.07, 6.45) is 1.41. The highest BCUT2D eigenvalue weighted by atomic mass is 35.5. The van der Waals surface area contributed by atoms with Crippen molar-refractivity contribution in [2.75, 3.05) is 5.43 Å². The van der Waals surface area contributed by atoms with Crippen LogP contribution in [0.15, 0.2) is 35.4 Å². The molecule has 22 heavy (non-hydrogen) atoms. The summed E-state index contributed by atoms with van der Waals surface area (Å²) in [4.78, 5) is 4.38. The highest BCUT2D eigenvalue weighted by Crippen LogP contribution is 2.38. The molecule has 3 aromatic rings. The maximum absolute atomic E-state index is 9.71. The summed E-state index contributed by atoms with van der Waals surface area (Å²) < 4.78 is 1.06. The second-order valence-corrected chi connectivity index (χ2v) is 6.50. The number of nitrogens with one attached hydrogen (secondary N) is 1. The number of aromatic nitrogens is 1. The Morgan fingerprint density at radius 1 is 1.18 bits per heavy atom. The molecule has 0 saturated heterocycles. The number of halogens is 3. The molecule has 0 saturated carbocycles. The molecule has 0 aliphatic carbocycles. The first kappa shape index (κ1) is 15.4. The van der Waals surface area contributed by atoms with Gasteiger partial charge in [-0.25, -0.2) is 4.98 Å². The van der Waals surface area contributed by atoms with Crippen LogP contribution in [0.4, 0.5) is 5.13 Å². The van der Waals surface area contributed by atoms with Gasteiger partial charge in [-0.3, -0.25) is 5.43 Å². The third-order valence-electron chi connectivity index (χ3n) is 2.83. The number of para-hydroxylation sites is 1. The van der Waals surface area contributed by atoms with Crippen LogP contribution in [0.3, 0.4) is 0 Å². The standard InChI is InChI=1S/C14H8Cl3N3OS/c15-8-5-9(16)13(21)12(17)7(8)6-18-20-14-19-10-3-1-2-4-11(10)22-14/h1-6,21H,(H,19,20)/b18-6-. The molecule has 0 unspecified atom stereocenters. The number of hydrazone groups is 1. The highest BCUT2D eigenvalue weighted by Gasteiger charge is 2.13. The van der Waals surface area contributed by atoms with Gasteiger partial charge in [-0.1, -0.05) is 58.3 Å². The van der Waals surface area contributed by atoms with Gasteiger partial charge >= 0.3 is 0 Å². The van der Waals surface area contributed by atoms with Crippen LogP contribution in [0, 0.1) is 0 Å². The van der Waals surface area contributed by atoms with Crippen molar-refractivity contribution in [3.63, 3.8) is 0 Å². The average Bonchev–Trinajstić information content (AvgIpc) is 2.91. The van der Waals surface area contributed by atoms with Crippen molar-refractivity contribution in [3.8, 4) is 5.75 Å². The molecule has 0 bridgehead atoms. The van der Waals surface area contributed by atoms with E-state index in [1.807, 2.05) is 24.3 Å². The Morgan fingerprint density at radius 2 is 1.95 bits per heavy atom. The molecule has 2 N–H and O–H groups in total. The van der Waals surface area contributed by atoms with Gasteiger partial charge in [0.15, 0.2) is 5.75 Å². The van der Waals surface area contributed by atoms with Crippen LogP contribution in [0.25, 0.3) is 10.2 Å². The maximum Gasteiger partial charge on any atom is 0.204 e. The van der Waals surface area contributed by atoms with Gasteiger partial charge in [0.2, 0.25) is 5.13 Å². The zero-order chi connectivity index (χ0) is 15.7. The minimum atomic E-state index is -0.228. The molecule has 8 heteroatoms. The summed E-state index contributed by atoms with van der Waals surface area (Å²) in [5.41, 5.74) is 4.08. The summed E-state index contributed by atoms with van der Waals surface area (Å²) in [6.45, 7) is 0. The van der Waals surface area contributed by atoms with E-state index in [1.165, 1.54) is 23.6 Å². The summed E-state index contributed by atoms with van der Waals surface area (Å²) >= 11 is 19.3. The monoisotopic (exact) mass is 371 g/mol. The van der Waals surface area contributed by atoms with E-state index >= 15 is 0 Å². The van der Waals surface area contributed by atoms with Gasteiger partial charge in [0.25, 0.3) is 0 Å². The Bertz CT molecular complexity index is 846. The van der Waals surface area contributed by atoms with E-state index in [4.69, 9.17) is 34.8 Å². The summed E-state index contributed by atoms with van der Waals surface area (Å²) in [6, 6.07) is 9.18. The molecule has 0 aliphatic rings. The smallest absolute Gasteiger partial charge is 0.204 e. The molecule has 1 aromatic heterocycles. The van der Waals surface area contributed by atoms with Crippen LogP contribution in [0.2, 0.25) is 15.1 Å². The predicted octanol–water partition coefficient (Wildman–Crippen LogP) is 5.41. The Labute approximate surface area is 145 Å². The van der Waals surface area contributed by atoms with Gasteiger partial charge in [0.1, 0.15) is 0 Å². The van der Waals surface area contributed by atoms with Crippen LogP contribution in [-0.4, -0.2) is 16.3 Å². The molecule has 1 heterocycles. The normalized spacial score (nSPS) is 11.4. The van der Waals surface area contributed by atoms with Crippen molar-refractivity contribution in [1.82, 2.24) is 4.98 Å². The SMILES string of the molecule is Oc1c(Cl)cc(Cl)c(/C=N\Nc2nc3ccccc3s2)c1Cl. The number of benzene rings is 2. The van der Waals surface area contributed by atoms with E-state index in [1.54, 1.807) is 0 Å². The molecule has 3 rings (SSSR count). The van der Waals surface area contributed by atoms with Crippen molar-refractivity contribution >= 4 is 67.7 Å². The number of rotatable bonds is 3. The first-order chi connectivity index (χ1) is 10.6.